The van der Waals surface area contributed by atoms with Gasteiger partial charge >= 0.3 is 6.18 Å². The number of hydrogen-bond acceptors (Lipinski definition) is 5. The Morgan fingerprint density at radius 3 is 2.90 bits per heavy atom. The van der Waals surface area contributed by atoms with Crippen LogP contribution in [0.2, 0.25) is 0 Å². The highest BCUT2D eigenvalue weighted by atomic mass is 19.4. The van der Waals surface area contributed by atoms with Crippen LogP contribution in [0.15, 0.2) is 30.5 Å². The molecule has 2 aliphatic heterocycles. The standard InChI is InChI=1S/C20H23F3N4O3/c1-29-16-7-3-2-6-13(16)15-9-17(20(21,22)23)27-18(26-15)14(11-25-27)19(28)24-10-12-5-4-8-30-12/h2-3,6-7,11-12,15,17,26H,4-5,8-10H2,1H3,(H,24,28)/t12-,15+,17-/m1/s1. The number of nitrogens with zero attached hydrogens (tertiary/aromatic N) is 2. The fraction of sp³-hybridized carbons (Fsp3) is 0.500. The number of fused-ring (bicyclic) bond motifs is 1. The lowest BCUT2D eigenvalue weighted by Crippen LogP contribution is -2.37. The number of nitrogens with one attached hydrogen (secondary N) is 2. The summed E-state index contributed by atoms with van der Waals surface area (Å²) in [7, 11) is 1.47. The molecule has 2 N–H and O–H groups in total. The lowest BCUT2D eigenvalue weighted by atomic mass is 9.95. The van der Waals surface area contributed by atoms with Gasteiger partial charge in [0.1, 0.15) is 17.1 Å². The zero-order valence-corrected chi connectivity index (χ0v) is 16.4. The molecule has 4 rings (SSSR count). The third-order valence-electron chi connectivity index (χ3n) is 5.51. The molecule has 30 heavy (non-hydrogen) atoms. The maximum Gasteiger partial charge on any atom is 0.410 e. The minimum absolute atomic E-state index is 0.0457. The number of amides is 1. The molecule has 1 aromatic heterocycles. The summed E-state index contributed by atoms with van der Waals surface area (Å²) in [5, 5.41) is 9.71. The molecule has 0 saturated carbocycles. The summed E-state index contributed by atoms with van der Waals surface area (Å²) in [6.45, 7) is 0.960. The number of rotatable bonds is 5. The zero-order valence-electron chi connectivity index (χ0n) is 16.4. The van der Waals surface area contributed by atoms with Crippen molar-refractivity contribution in [3.63, 3.8) is 0 Å². The maximum atomic E-state index is 13.8. The van der Waals surface area contributed by atoms with Crippen LogP contribution in [-0.2, 0) is 4.74 Å². The van der Waals surface area contributed by atoms with Crippen molar-refractivity contribution in [1.82, 2.24) is 15.1 Å². The van der Waals surface area contributed by atoms with Crippen LogP contribution in [0.3, 0.4) is 0 Å². The van der Waals surface area contributed by atoms with Crippen molar-refractivity contribution in [2.45, 2.75) is 43.6 Å². The molecule has 1 saturated heterocycles. The van der Waals surface area contributed by atoms with Crippen molar-refractivity contribution in [3.05, 3.63) is 41.6 Å². The highest BCUT2D eigenvalue weighted by Gasteiger charge is 2.47. The predicted molar refractivity (Wildman–Crippen MR) is 103 cm³/mol. The van der Waals surface area contributed by atoms with Crippen molar-refractivity contribution in [2.75, 3.05) is 25.6 Å². The van der Waals surface area contributed by atoms with Gasteiger partial charge in [-0.2, -0.15) is 18.3 Å². The van der Waals surface area contributed by atoms with Crippen molar-refractivity contribution in [1.29, 1.82) is 0 Å². The second-order valence-electron chi connectivity index (χ2n) is 7.43. The van der Waals surface area contributed by atoms with Gasteiger partial charge in [-0.15, -0.1) is 0 Å². The first-order chi connectivity index (χ1) is 14.4. The van der Waals surface area contributed by atoms with Crippen LogP contribution in [0.5, 0.6) is 5.75 Å². The van der Waals surface area contributed by atoms with E-state index in [-0.39, 0.29) is 23.9 Å². The Kier molecular flexibility index (Phi) is 5.59. The summed E-state index contributed by atoms with van der Waals surface area (Å²) in [6, 6.07) is 4.35. The molecule has 2 aliphatic rings. The normalized spacial score (nSPS) is 23.5. The Morgan fingerprint density at radius 2 is 2.20 bits per heavy atom. The molecule has 3 atom stereocenters. The summed E-state index contributed by atoms with van der Waals surface area (Å²) < 4.78 is 53.1. The Hall–Kier alpha value is -2.75. The van der Waals surface area contributed by atoms with Crippen LogP contribution in [0, 0.1) is 0 Å². The molecule has 0 unspecified atom stereocenters. The first-order valence-electron chi connectivity index (χ1n) is 9.82. The molecule has 0 aliphatic carbocycles. The van der Waals surface area contributed by atoms with E-state index in [4.69, 9.17) is 9.47 Å². The summed E-state index contributed by atoms with van der Waals surface area (Å²) >= 11 is 0. The zero-order chi connectivity index (χ0) is 21.3. The van der Waals surface area contributed by atoms with Crippen LogP contribution in [0.1, 0.15) is 47.3 Å². The average molecular weight is 424 g/mol. The van der Waals surface area contributed by atoms with Crippen molar-refractivity contribution in [3.8, 4) is 5.75 Å². The highest BCUT2D eigenvalue weighted by Crippen LogP contribution is 2.45. The summed E-state index contributed by atoms with van der Waals surface area (Å²) in [5.74, 6) is 0.0402. The van der Waals surface area contributed by atoms with E-state index in [0.717, 1.165) is 17.5 Å². The number of carbonyl (C=O) groups is 1. The monoisotopic (exact) mass is 424 g/mol. The lowest BCUT2D eigenvalue weighted by Gasteiger charge is -2.34. The van der Waals surface area contributed by atoms with Gasteiger partial charge in [-0.05, 0) is 18.9 Å². The van der Waals surface area contributed by atoms with Gasteiger partial charge in [-0.25, -0.2) is 4.68 Å². The minimum atomic E-state index is -4.52. The smallest absolute Gasteiger partial charge is 0.410 e. The Bertz CT molecular complexity index is 909. The molecule has 0 radical (unpaired) electrons. The number of ether oxygens (including phenoxy) is 2. The van der Waals surface area contributed by atoms with E-state index in [1.54, 1.807) is 24.3 Å². The number of halogens is 3. The number of anilines is 1. The number of methoxy groups -OCH3 is 1. The number of hydrogen-bond donors (Lipinski definition) is 2. The highest BCUT2D eigenvalue weighted by molar-refractivity contribution is 5.98. The first-order valence-corrected chi connectivity index (χ1v) is 9.82. The topological polar surface area (TPSA) is 77.4 Å². The van der Waals surface area contributed by atoms with Crippen LogP contribution >= 0.6 is 0 Å². The van der Waals surface area contributed by atoms with Crippen molar-refractivity contribution < 1.29 is 27.4 Å². The Labute approximate surface area is 171 Å². The molecular weight excluding hydrogens is 401 g/mol. The van der Waals surface area contributed by atoms with Crippen LogP contribution in [-0.4, -0.2) is 48.2 Å². The van der Waals surface area contributed by atoms with Gasteiger partial charge in [0, 0.05) is 25.1 Å². The van der Waals surface area contributed by atoms with Gasteiger partial charge in [0.05, 0.1) is 25.5 Å². The van der Waals surface area contributed by atoms with Gasteiger partial charge < -0.3 is 20.1 Å². The van der Waals surface area contributed by atoms with E-state index < -0.39 is 24.2 Å². The summed E-state index contributed by atoms with van der Waals surface area (Å²) in [5.41, 5.74) is 0.661. The summed E-state index contributed by atoms with van der Waals surface area (Å²) in [4.78, 5) is 12.7. The van der Waals surface area contributed by atoms with E-state index in [1.165, 1.54) is 13.3 Å². The number of benzene rings is 1. The molecule has 1 amide bonds. The van der Waals surface area contributed by atoms with E-state index in [2.05, 4.69) is 15.7 Å². The van der Waals surface area contributed by atoms with Gasteiger partial charge in [-0.3, -0.25) is 4.79 Å². The van der Waals surface area contributed by atoms with Crippen LogP contribution in [0.25, 0.3) is 0 Å². The van der Waals surface area contributed by atoms with Crippen molar-refractivity contribution in [2.24, 2.45) is 0 Å². The Morgan fingerprint density at radius 1 is 1.40 bits per heavy atom. The maximum absolute atomic E-state index is 13.8. The third kappa shape index (κ3) is 3.96. The molecule has 0 spiro atoms. The number of para-hydroxylation sites is 1. The molecular formula is C20H23F3N4O3. The Balaban J connectivity index is 1.63. The second-order valence-corrected chi connectivity index (χ2v) is 7.43. The predicted octanol–water partition coefficient (Wildman–Crippen LogP) is 3.46. The van der Waals surface area contributed by atoms with Crippen molar-refractivity contribution >= 4 is 11.7 Å². The lowest BCUT2D eigenvalue weighted by molar-refractivity contribution is -0.173. The number of alkyl halides is 3. The largest absolute Gasteiger partial charge is 0.496 e. The van der Waals surface area contributed by atoms with E-state index in [1.807, 2.05) is 0 Å². The van der Waals surface area contributed by atoms with Gasteiger partial charge in [0.25, 0.3) is 5.91 Å². The SMILES string of the molecule is COc1ccccc1[C@@H]1C[C@H](C(F)(F)F)n2ncc(C(=O)NC[C@H]3CCCO3)c2N1. The first kappa shape index (κ1) is 20.5. The van der Waals surface area contributed by atoms with E-state index >= 15 is 0 Å². The fourth-order valence-corrected chi connectivity index (χ4v) is 3.99. The third-order valence-corrected chi connectivity index (χ3v) is 5.51. The van der Waals surface area contributed by atoms with Gasteiger partial charge in [0.2, 0.25) is 0 Å². The van der Waals surface area contributed by atoms with Crippen LogP contribution < -0.4 is 15.4 Å². The molecule has 7 nitrogen and oxygen atoms in total. The molecule has 1 aromatic carbocycles. The van der Waals surface area contributed by atoms with Gasteiger partial charge in [-0.1, -0.05) is 18.2 Å². The quantitative estimate of drug-likeness (QED) is 0.769. The molecule has 2 aromatic rings. The van der Waals surface area contributed by atoms with Crippen LogP contribution in [0.4, 0.5) is 19.0 Å². The van der Waals surface area contributed by atoms with E-state index in [0.29, 0.717) is 24.5 Å². The van der Waals surface area contributed by atoms with E-state index in [9.17, 15) is 18.0 Å². The number of carbonyl (C=O) groups excluding carboxylic acids is 1. The molecule has 162 valence electrons. The average Bonchev–Trinajstić information content (AvgIpc) is 3.40. The number of aromatic nitrogens is 2. The van der Waals surface area contributed by atoms with Gasteiger partial charge in [0.15, 0.2) is 6.04 Å². The summed E-state index contributed by atoms with van der Waals surface area (Å²) in [6.07, 6.45) is -1.91. The molecule has 3 heterocycles. The molecule has 0 bridgehead atoms. The molecule has 1 fully saturated rings. The fourth-order valence-electron chi connectivity index (χ4n) is 3.99. The minimum Gasteiger partial charge on any atom is -0.496 e. The second kappa shape index (κ2) is 8.17. The molecule has 10 heteroatoms.